The summed E-state index contributed by atoms with van der Waals surface area (Å²) in [6.45, 7) is 3.96. The van der Waals surface area contributed by atoms with Crippen LogP contribution in [0, 0.1) is 17.8 Å². The Bertz CT molecular complexity index is 282. The first-order chi connectivity index (χ1) is 7.58. The molecule has 90 valence electrons. The normalized spacial score (nSPS) is 33.9. The van der Waals surface area contributed by atoms with Gasteiger partial charge >= 0.3 is 0 Å². The summed E-state index contributed by atoms with van der Waals surface area (Å²) in [6.07, 6.45) is 4.74. The molecule has 2 saturated carbocycles. The number of carbonyl (C=O) groups is 2. The van der Waals surface area contributed by atoms with Crippen molar-refractivity contribution < 1.29 is 9.59 Å². The second-order valence-electron chi connectivity index (χ2n) is 5.56. The van der Waals surface area contributed by atoms with Crippen LogP contribution in [-0.2, 0) is 9.59 Å². The van der Waals surface area contributed by atoms with E-state index in [1.54, 1.807) is 0 Å². The average Bonchev–Trinajstić information content (AvgIpc) is 2.15. The van der Waals surface area contributed by atoms with Gasteiger partial charge in [0, 0.05) is 23.8 Å². The van der Waals surface area contributed by atoms with Crippen molar-refractivity contribution in [2.24, 2.45) is 17.8 Å². The number of carbonyl (C=O) groups excluding carboxylic acids is 2. The van der Waals surface area contributed by atoms with E-state index < -0.39 is 0 Å². The molecule has 0 spiro atoms. The maximum absolute atomic E-state index is 11.9. The molecular formula is C13H21NO2. The van der Waals surface area contributed by atoms with E-state index in [2.05, 4.69) is 5.32 Å². The van der Waals surface area contributed by atoms with Gasteiger partial charge in [-0.3, -0.25) is 9.59 Å². The average molecular weight is 223 g/mol. The van der Waals surface area contributed by atoms with Crippen molar-refractivity contribution in [1.29, 1.82) is 0 Å². The van der Waals surface area contributed by atoms with E-state index in [-0.39, 0.29) is 29.7 Å². The van der Waals surface area contributed by atoms with Crippen LogP contribution in [0.3, 0.4) is 0 Å². The van der Waals surface area contributed by atoms with Gasteiger partial charge in [-0.05, 0) is 39.5 Å². The predicted octanol–water partition coefficient (Wildman–Crippen LogP) is 1.91. The fraction of sp³-hybridized carbons (Fsp3) is 0.846. The van der Waals surface area contributed by atoms with Gasteiger partial charge in [-0.2, -0.15) is 0 Å². The van der Waals surface area contributed by atoms with Crippen LogP contribution in [0.25, 0.3) is 0 Å². The summed E-state index contributed by atoms with van der Waals surface area (Å²) >= 11 is 0. The maximum atomic E-state index is 11.9. The van der Waals surface area contributed by atoms with Crippen molar-refractivity contribution in [1.82, 2.24) is 5.32 Å². The third-order valence-electron chi connectivity index (χ3n) is 3.85. The zero-order valence-electron chi connectivity index (χ0n) is 10.2. The third-order valence-corrected chi connectivity index (χ3v) is 3.85. The molecule has 2 fully saturated rings. The first-order valence-corrected chi connectivity index (χ1v) is 6.42. The molecule has 0 aromatic carbocycles. The number of Topliss-reactive ketones (excluding diaryl/α,β-unsaturated/α-hetero) is 1. The Hall–Kier alpha value is -0.860. The summed E-state index contributed by atoms with van der Waals surface area (Å²) in [6, 6.07) is 0.199. The molecule has 2 aliphatic carbocycles. The van der Waals surface area contributed by atoms with E-state index in [9.17, 15) is 9.59 Å². The maximum Gasteiger partial charge on any atom is 0.223 e. The van der Waals surface area contributed by atoms with Crippen molar-refractivity contribution in [3.8, 4) is 0 Å². The van der Waals surface area contributed by atoms with Crippen molar-refractivity contribution in [2.75, 3.05) is 0 Å². The highest BCUT2D eigenvalue weighted by Crippen LogP contribution is 2.40. The van der Waals surface area contributed by atoms with Gasteiger partial charge in [0.05, 0.1) is 0 Å². The molecule has 1 amide bonds. The molecule has 2 atom stereocenters. The molecule has 16 heavy (non-hydrogen) atoms. The van der Waals surface area contributed by atoms with Gasteiger partial charge in [-0.25, -0.2) is 0 Å². The Kier molecular flexibility index (Phi) is 3.31. The second kappa shape index (κ2) is 4.56. The van der Waals surface area contributed by atoms with Gasteiger partial charge in [0.25, 0.3) is 0 Å². The first kappa shape index (κ1) is 11.6. The van der Waals surface area contributed by atoms with Crippen LogP contribution in [0.15, 0.2) is 0 Å². The molecule has 1 N–H and O–H groups in total. The van der Waals surface area contributed by atoms with E-state index in [0.717, 1.165) is 25.7 Å². The van der Waals surface area contributed by atoms with Crippen LogP contribution >= 0.6 is 0 Å². The number of hydrogen-bond acceptors (Lipinski definition) is 2. The molecule has 0 radical (unpaired) electrons. The van der Waals surface area contributed by atoms with Gasteiger partial charge in [0.2, 0.25) is 5.91 Å². The number of ketones is 1. The first-order valence-electron chi connectivity index (χ1n) is 6.42. The summed E-state index contributed by atoms with van der Waals surface area (Å²) in [4.78, 5) is 23.8. The molecule has 0 saturated heterocycles. The lowest BCUT2D eigenvalue weighted by atomic mass is 9.67. The lowest BCUT2D eigenvalue weighted by Crippen LogP contribution is -2.44. The molecule has 0 heterocycles. The third kappa shape index (κ3) is 2.28. The van der Waals surface area contributed by atoms with Gasteiger partial charge in [0.1, 0.15) is 5.78 Å². The Morgan fingerprint density at radius 1 is 1.25 bits per heavy atom. The predicted molar refractivity (Wildman–Crippen MR) is 61.8 cm³/mol. The summed E-state index contributed by atoms with van der Waals surface area (Å²) in [5, 5.41) is 2.97. The zero-order valence-corrected chi connectivity index (χ0v) is 10.2. The highest BCUT2D eigenvalue weighted by molar-refractivity contribution is 5.88. The molecule has 0 aromatic rings. The Balaban J connectivity index is 1.99. The fourth-order valence-electron chi connectivity index (χ4n) is 3.10. The van der Waals surface area contributed by atoms with E-state index in [4.69, 9.17) is 0 Å². The summed E-state index contributed by atoms with van der Waals surface area (Å²) < 4.78 is 0. The molecule has 3 heteroatoms. The van der Waals surface area contributed by atoms with Gasteiger partial charge < -0.3 is 5.32 Å². The molecule has 3 nitrogen and oxygen atoms in total. The standard InChI is InChI=1S/C13H21NO2/c1-8(2)14-13(16)11-6-9-4-3-5-10(7-11)12(9)15/h8-11H,3-7H2,1-2H3,(H,14,16). The lowest BCUT2D eigenvalue weighted by Gasteiger charge is -2.37. The summed E-state index contributed by atoms with van der Waals surface area (Å²) in [5.41, 5.74) is 0. The van der Waals surface area contributed by atoms with Crippen LogP contribution in [0.4, 0.5) is 0 Å². The lowest BCUT2D eigenvalue weighted by molar-refractivity contribution is -0.137. The second-order valence-corrected chi connectivity index (χ2v) is 5.56. The monoisotopic (exact) mass is 223 g/mol. The number of hydrogen-bond donors (Lipinski definition) is 1. The number of nitrogens with one attached hydrogen (secondary N) is 1. The van der Waals surface area contributed by atoms with E-state index in [1.807, 2.05) is 13.8 Å². The molecule has 2 unspecified atom stereocenters. The Morgan fingerprint density at radius 2 is 1.81 bits per heavy atom. The highest BCUT2D eigenvalue weighted by atomic mass is 16.2. The van der Waals surface area contributed by atoms with E-state index >= 15 is 0 Å². The minimum absolute atomic E-state index is 0.0791. The summed E-state index contributed by atoms with van der Waals surface area (Å²) in [7, 11) is 0. The van der Waals surface area contributed by atoms with Gasteiger partial charge in [-0.1, -0.05) is 6.42 Å². The van der Waals surface area contributed by atoms with Crippen LogP contribution in [0.5, 0.6) is 0 Å². The molecule has 2 rings (SSSR count). The van der Waals surface area contributed by atoms with Crippen LogP contribution in [-0.4, -0.2) is 17.7 Å². The Labute approximate surface area is 97.0 Å². The molecule has 2 aliphatic rings. The molecule has 0 aliphatic heterocycles. The van der Waals surface area contributed by atoms with Crippen LogP contribution in [0.2, 0.25) is 0 Å². The van der Waals surface area contributed by atoms with Crippen molar-refractivity contribution in [3.63, 3.8) is 0 Å². The SMILES string of the molecule is CC(C)NC(=O)C1CC2CCCC(C1)C2=O. The molecular weight excluding hydrogens is 202 g/mol. The fourth-order valence-corrected chi connectivity index (χ4v) is 3.10. The van der Waals surface area contributed by atoms with Gasteiger partial charge in [0.15, 0.2) is 0 Å². The van der Waals surface area contributed by atoms with Crippen molar-refractivity contribution in [3.05, 3.63) is 0 Å². The smallest absolute Gasteiger partial charge is 0.223 e. The number of rotatable bonds is 2. The topological polar surface area (TPSA) is 46.2 Å². The summed E-state index contributed by atoms with van der Waals surface area (Å²) in [5.74, 6) is 1.01. The van der Waals surface area contributed by atoms with Crippen LogP contribution < -0.4 is 5.32 Å². The Morgan fingerprint density at radius 3 is 2.31 bits per heavy atom. The molecule has 2 bridgehead atoms. The van der Waals surface area contributed by atoms with E-state index in [0.29, 0.717) is 5.78 Å². The number of fused-ring (bicyclic) bond motifs is 2. The van der Waals surface area contributed by atoms with E-state index in [1.165, 1.54) is 6.42 Å². The van der Waals surface area contributed by atoms with Crippen molar-refractivity contribution in [2.45, 2.75) is 52.0 Å². The minimum atomic E-state index is 0.0791. The zero-order chi connectivity index (χ0) is 11.7. The molecule has 0 aromatic heterocycles. The quantitative estimate of drug-likeness (QED) is 0.777. The van der Waals surface area contributed by atoms with Crippen LogP contribution in [0.1, 0.15) is 46.0 Å². The minimum Gasteiger partial charge on any atom is -0.354 e. The number of amides is 1. The highest BCUT2D eigenvalue weighted by Gasteiger charge is 2.41. The van der Waals surface area contributed by atoms with Crippen molar-refractivity contribution >= 4 is 11.7 Å². The van der Waals surface area contributed by atoms with Gasteiger partial charge in [-0.15, -0.1) is 0 Å². The largest absolute Gasteiger partial charge is 0.354 e.